The minimum absolute atomic E-state index is 0.000805. The van der Waals surface area contributed by atoms with Crippen LogP contribution in [0.3, 0.4) is 0 Å². The number of likely N-dealkylation sites (tertiary alicyclic amines) is 1. The maximum absolute atomic E-state index is 12.6. The van der Waals surface area contributed by atoms with E-state index in [1.54, 1.807) is 24.4 Å². The van der Waals surface area contributed by atoms with Gasteiger partial charge < -0.3 is 0 Å². The molecule has 1 saturated heterocycles. The van der Waals surface area contributed by atoms with E-state index in [1.165, 1.54) is 28.4 Å². The Morgan fingerprint density at radius 1 is 1.29 bits per heavy atom. The minimum Gasteiger partial charge on any atom is -0.298 e. The summed E-state index contributed by atoms with van der Waals surface area (Å²) in [5.41, 5.74) is 1.05. The summed E-state index contributed by atoms with van der Waals surface area (Å²) < 4.78 is 1.36. The van der Waals surface area contributed by atoms with Gasteiger partial charge in [-0.2, -0.15) is 0 Å². The summed E-state index contributed by atoms with van der Waals surface area (Å²) in [4.78, 5) is 36.2. The molecule has 4 heterocycles. The van der Waals surface area contributed by atoms with Crippen LogP contribution in [0.5, 0.6) is 0 Å². The lowest BCUT2D eigenvalue weighted by Crippen LogP contribution is -2.38. The molecule has 146 valence electrons. The summed E-state index contributed by atoms with van der Waals surface area (Å²) in [6.07, 6.45) is 4.19. The molecule has 1 N–H and O–H groups in total. The van der Waals surface area contributed by atoms with Gasteiger partial charge in [-0.25, -0.2) is 9.97 Å². The van der Waals surface area contributed by atoms with Crippen LogP contribution in [0.15, 0.2) is 40.8 Å². The second-order valence-corrected chi connectivity index (χ2v) is 8.50. The van der Waals surface area contributed by atoms with E-state index >= 15 is 0 Å². The minimum atomic E-state index is -0.489. The van der Waals surface area contributed by atoms with Gasteiger partial charge in [0.2, 0.25) is 0 Å². The molecule has 0 saturated carbocycles. The van der Waals surface area contributed by atoms with E-state index in [2.05, 4.69) is 34.0 Å². The zero-order chi connectivity index (χ0) is 19.7. The topological polar surface area (TPSA) is 79.6 Å². The number of nitrogens with zero attached hydrogens (tertiary/aromatic N) is 4. The molecule has 2 unspecified atom stereocenters. The number of aromatic nitrogens is 3. The number of anilines is 1. The first-order chi connectivity index (χ1) is 13.5. The highest BCUT2D eigenvalue weighted by molar-refractivity contribution is 7.13. The van der Waals surface area contributed by atoms with Gasteiger partial charge in [-0.3, -0.25) is 24.2 Å². The molecular formula is C20H23N5O2S. The van der Waals surface area contributed by atoms with Gasteiger partial charge in [-0.15, -0.1) is 11.3 Å². The molecule has 0 bridgehead atoms. The van der Waals surface area contributed by atoms with Gasteiger partial charge in [0.05, 0.1) is 5.69 Å². The van der Waals surface area contributed by atoms with Crippen LogP contribution in [0.25, 0.3) is 5.65 Å². The summed E-state index contributed by atoms with van der Waals surface area (Å²) in [5.74, 6) is 0.891. The highest BCUT2D eigenvalue weighted by Crippen LogP contribution is 2.24. The van der Waals surface area contributed by atoms with Crippen molar-refractivity contribution in [3.63, 3.8) is 0 Å². The molecule has 0 aromatic carbocycles. The highest BCUT2D eigenvalue weighted by atomic mass is 32.1. The van der Waals surface area contributed by atoms with Gasteiger partial charge in [0, 0.05) is 37.4 Å². The molecule has 8 heteroatoms. The quantitative estimate of drug-likeness (QED) is 0.732. The largest absolute Gasteiger partial charge is 0.298 e. The smallest absolute Gasteiger partial charge is 0.270 e. The molecule has 0 aliphatic carbocycles. The fourth-order valence-corrected chi connectivity index (χ4v) is 4.63. The van der Waals surface area contributed by atoms with Crippen LogP contribution in [-0.2, 0) is 6.54 Å². The summed E-state index contributed by atoms with van der Waals surface area (Å²) in [5, 5.41) is 5.19. The molecule has 4 rings (SSSR count). The number of carbonyl (C=O) groups excluding carboxylic acids is 1. The predicted octanol–water partition coefficient (Wildman–Crippen LogP) is 2.88. The number of nitrogens with one attached hydrogen (secondary N) is 1. The third-order valence-electron chi connectivity index (χ3n) is 4.96. The van der Waals surface area contributed by atoms with Crippen LogP contribution in [0.1, 0.15) is 36.3 Å². The predicted molar refractivity (Wildman–Crippen MR) is 110 cm³/mol. The number of fused-ring (bicyclic) bond motifs is 1. The Kier molecular flexibility index (Phi) is 5.23. The first-order valence-corrected chi connectivity index (χ1v) is 10.3. The van der Waals surface area contributed by atoms with Gasteiger partial charge in [-0.05, 0) is 30.4 Å². The first kappa shape index (κ1) is 18.8. The van der Waals surface area contributed by atoms with Crippen molar-refractivity contribution in [3.8, 4) is 0 Å². The second-order valence-electron chi connectivity index (χ2n) is 7.64. The zero-order valence-electron chi connectivity index (χ0n) is 16.0. The average molecular weight is 398 g/mol. The zero-order valence-corrected chi connectivity index (χ0v) is 16.8. The molecule has 2 atom stereocenters. The Labute approximate surface area is 167 Å². The lowest BCUT2D eigenvalue weighted by Gasteiger charge is -2.34. The van der Waals surface area contributed by atoms with Crippen molar-refractivity contribution < 1.29 is 4.79 Å². The fraction of sp³-hybridized carbons (Fsp3) is 0.400. The summed E-state index contributed by atoms with van der Waals surface area (Å²) in [6.45, 7) is 7.49. The average Bonchev–Trinajstić information content (AvgIpc) is 3.08. The molecule has 1 amide bonds. The Balaban J connectivity index is 1.46. The molecule has 0 radical (unpaired) electrons. The highest BCUT2D eigenvalue weighted by Gasteiger charge is 2.22. The summed E-state index contributed by atoms with van der Waals surface area (Å²) in [7, 11) is 0. The number of hydrogen-bond donors (Lipinski definition) is 1. The van der Waals surface area contributed by atoms with E-state index in [0.29, 0.717) is 22.6 Å². The van der Waals surface area contributed by atoms with Crippen molar-refractivity contribution >= 4 is 28.0 Å². The first-order valence-electron chi connectivity index (χ1n) is 9.44. The van der Waals surface area contributed by atoms with E-state index < -0.39 is 11.5 Å². The molecule has 3 aromatic rings. The lowest BCUT2D eigenvalue weighted by atomic mass is 9.92. The van der Waals surface area contributed by atoms with E-state index in [9.17, 15) is 9.59 Å². The maximum atomic E-state index is 12.6. The van der Waals surface area contributed by atoms with Gasteiger partial charge >= 0.3 is 0 Å². The van der Waals surface area contributed by atoms with Gasteiger partial charge in [0.1, 0.15) is 11.2 Å². The maximum Gasteiger partial charge on any atom is 0.270 e. The standard InChI is InChI=1S/C20H23N5O2S/c1-13-7-14(2)10-24(9-13)11-15-12-28-20(22-15)23-18(26)16-8-21-17-5-3-4-6-25(17)19(16)27/h3-6,8,12-14H,7,9-11H2,1-2H3,(H,22,23,26). The number of piperidine rings is 1. The van der Waals surface area contributed by atoms with Crippen molar-refractivity contribution in [1.29, 1.82) is 0 Å². The Morgan fingerprint density at radius 2 is 2.07 bits per heavy atom. The number of pyridine rings is 1. The summed E-state index contributed by atoms with van der Waals surface area (Å²) >= 11 is 1.37. The molecular weight excluding hydrogens is 374 g/mol. The number of thiazole rings is 1. The van der Waals surface area contributed by atoms with Gasteiger partial charge in [0.25, 0.3) is 11.5 Å². The fourth-order valence-electron chi connectivity index (χ4n) is 3.93. The van der Waals surface area contributed by atoms with Crippen molar-refractivity contribution in [2.45, 2.75) is 26.8 Å². The van der Waals surface area contributed by atoms with Crippen molar-refractivity contribution in [3.05, 3.63) is 57.6 Å². The van der Waals surface area contributed by atoms with E-state index in [0.717, 1.165) is 25.3 Å². The van der Waals surface area contributed by atoms with Crippen molar-refractivity contribution in [1.82, 2.24) is 19.3 Å². The molecule has 3 aromatic heterocycles. The molecule has 1 aliphatic heterocycles. The molecule has 1 aliphatic rings. The second kappa shape index (κ2) is 7.81. The van der Waals surface area contributed by atoms with Crippen molar-refractivity contribution in [2.24, 2.45) is 11.8 Å². The molecule has 1 fully saturated rings. The third-order valence-corrected chi connectivity index (χ3v) is 5.77. The van der Waals surface area contributed by atoms with Gasteiger partial charge in [0.15, 0.2) is 5.13 Å². The van der Waals surface area contributed by atoms with Crippen LogP contribution < -0.4 is 10.9 Å². The Bertz CT molecular complexity index is 1050. The van der Waals surface area contributed by atoms with Crippen LogP contribution in [0.4, 0.5) is 5.13 Å². The number of hydrogen-bond acceptors (Lipinski definition) is 6. The molecule has 0 spiro atoms. The van der Waals surface area contributed by atoms with Crippen molar-refractivity contribution in [2.75, 3.05) is 18.4 Å². The SMILES string of the molecule is CC1CC(C)CN(Cc2csc(NC(=O)c3cnc4ccccn4c3=O)n2)C1. The number of rotatable bonds is 4. The monoisotopic (exact) mass is 397 g/mol. The summed E-state index contributed by atoms with van der Waals surface area (Å²) in [6, 6.07) is 5.24. The Hall–Kier alpha value is -2.58. The lowest BCUT2D eigenvalue weighted by molar-refractivity contribution is 0.102. The molecule has 28 heavy (non-hydrogen) atoms. The van der Waals surface area contributed by atoms with E-state index in [-0.39, 0.29) is 5.56 Å². The third kappa shape index (κ3) is 3.98. The molecule has 7 nitrogen and oxygen atoms in total. The van der Waals surface area contributed by atoms with Crippen LogP contribution >= 0.6 is 11.3 Å². The van der Waals surface area contributed by atoms with Crippen LogP contribution in [-0.4, -0.2) is 38.3 Å². The van der Waals surface area contributed by atoms with Crippen LogP contribution in [0, 0.1) is 11.8 Å². The Morgan fingerprint density at radius 3 is 2.86 bits per heavy atom. The number of amides is 1. The number of carbonyl (C=O) groups is 1. The normalized spacial score (nSPS) is 20.4. The van der Waals surface area contributed by atoms with Crippen LogP contribution in [0.2, 0.25) is 0 Å². The van der Waals surface area contributed by atoms with E-state index in [4.69, 9.17) is 0 Å². The van der Waals surface area contributed by atoms with E-state index in [1.807, 2.05) is 5.38 Å². The van der Waals surface area contributed by atoms with Gasteiger partial charge in [-0.1, -0.05) is 19.9 Å².